The zero-order valence-corrected chi connectivity index (χ0v) is 9.65. The van der Waals surface area contributed by atoms with Gasteiger partial charge in [-0.15, -0.1) is 0 Å². The van der Waals surface area contributed by atoms with Crippen molar-refractivity contribution in [3.05, 3.63) is 34.9 Å². The van der Waals surface area contributed by atoms with Crippen molar-refractivity contribution in [3.63, 3.8) is 0 Å². The Kier molecular flexibility index (Phi) is 2.61. The molecule has 2 aliphatic heterocycles. The van der Waals surface area contributed by atoms with E-state index in [0.29, 0.717) is 19.5 Å². The van der Waals surface area contributed by atoms with Gasteiger partial charge in [-0.25, -0.2) is 0 Å². The topological polar surface area (TPSA) is 52.6 Å². The van der Waals surface area contributed by atoms with Crippen LogP contribution in [0.25, 0.3) is 0 Å². The number of carbonyl (C=O) groups excluding carboxylic acids is 1. The van der Waals surface area contributed by atoms with Gasteiger partial charge < -0.3 is 15.3 Å². The van der Waals surface area contributed by atoms with Crippen molar-refractivity contribution in [2.75, 3.05) is 13.1 Å². The van der Waals surface area contributed by atoms with E-state index in [1.165, 1.54) is 11.1 Å². The summed E-state index contributed by atoms with van der Waals surface area (Å²) >= 11 is 0. The molecule has 0 radical (unpaired) electrons. The summed E-state index contributed by atoms with van der Waals surface area (Å²) in [7, 11) is 0. The van der Waals surface area contributed by atoms with Crippen LogP contribution in [0.5, 0.6) is 0 Å². The molecule has 0 aliphatic carbocycles. The van der Waals surface area contributed by atoms with E-state index in [4.69, 9.17) is 0 Å². The molecule has 2 heterocycles. The number of β-amino-alcohol motifs (C(OH)–C–C–N with tert-alkyl or cyclic N) is 1. The van der Waals surface area contributed by atoms with E-state index in [0.717, 1.165) is 18.7 Å². The molecule has 0 spiro atoms. The molecule has 1 aromatic carbocycles. The summed E-state index contributed by atoms with van der Waals surface area (Å²) in [5.41, 5.74) is 3.24. The van der Waals surface area contributed by atoms with Crippen molar-refractivity contribution in [2.24, 2.45) is 0 Å². The van der Waals surface area contributed by atoms with Gasteiger partial charge in [0, 0.05) is 31.7 Å². The van der Waals surface area contributed by atoms with Crippen LogP contribution in [0.15, 0.2) is 18.2 Å². The third kappa shape index (κ3) is 1.94. The molecule has 0 aromatic heterocycles. The summed E-state index contributed by atoms with van der Waals surface area (Å²) in [6.45, 7) is 2.87. The molecule has 2 N–H and O–H groups in total. The molecule has 0 saturated carbocycles. The van der Waals surface area contributed by atoms with Gasteiger partial charge in [0.2, 0.25) is 0 Å². The number of hydrogen-bond donors (Lipinski definition) is 2. The average Bonchev–Trinajstić information content (AvgIpc) is 2.95. The molecule has 0 bridgehead atoms. The highest BCUT2D eigenvalue weighted by atomic mass is 16.3. The van der Waals surface area contributed by atoms with Crippen LogP contribution in [-0.4, -0.2) is 35.1 Å². The maximum atomic E-state index is 12.2. The lowest BCUT2D eigenvalue weighted by atomic mass is 10.1. The summed E-state index contributed by atoms with van der Waals surface area (Å²) in [6, 6.07) is 5.89. The quantitative estimate of drug-likeness (QED) is 0.741. The van der Waals surface area contributed by atoms with Crippen LogP contribution in [0, 0.1) is 0 Å². The third-order valence-electron chi connectivity index (χ3n) is 3.53. The molecule has 90 valence electrons. The van der Waals surface area contributed by atoms with E-state index in [1.54, 1.807) is 4.90 Å². The number of benzene rings is 1. The first kappa shape index (κ1) is 10.7. The second-order valence-corrected chi connectivity index (χ2v) is 4.78. The molecule has 1 aromatic rings. The Morgan fingerprint density at radius 3 is 2.94 bits per heavy atom. The highest BCUT2D eigenvalue weighted by molar-refractivity contribution is 5.94. The van der Waals surface area contributed by atoms with E-state index < -0.39 is 0 Å². The van der Waals surface area contributed by atoms with E-state index >= 15 is 0 Å². The molecule has 1 atom stereocenters. The lowest BCUT2D eigenvalue weighted by Crippen LogP contribution is -2.29. The zero-order valence-electron chi connectivity index (χ0n) is 9.65. The Morgan fingerprint density at radius 2 is 2.18 bits per heavy atom. The van der Waals surface area contributed by atoms with Crippen LogP contribution >= 0.6 is 0 Å². The van der Waals surface area contributed by atoms with E-state index in [9.17, 15) is 9.90 Å². The minimum atomic E-state index is -0.352. The van der Waals surface area contributed by atoms with Crippen LogP contribution in [0.4, 0.5) is 0 Å². The molecule has 17 heavy (non-hydrogen) atoms. The lowest BCUT2D eigenvalue weighted by molar-refractivity contribution is 0.0765. The fourth-order valence-electron chi connectivity index (χ4n) is 2.54. The predicted octanol–water partition coefficient (Wildman–Crippen LogP) is 0.497. The number of fused-ring (bicyclic) bond motifs is 1. The average molecular weight is 232 g/mol. The second-order valence-electron chi connectivity index (χ2n) is 4.78. The van der Waals surface area contributed by atoms with E-state index in [1.807, 2.05) is 18.2 Å². The Hall–Kier alpha value is -1.39. The summed E-state index contributed by atoms with van der Waals surface area (Å²) < 4.78 is 0. The fourth-order valence-corrected chi connectivity index (χ4v) is 2.54. The Morgan fingerprint density at radius 1 is 1.35 bits per heavy atom. The van der Waals surface area contributed by atoms with Crippen LogP contribution in [0.1, 0.15) is 27.9 Å². The van der Waals surface area contributed by atoms with Gasteiger partial charge in [-0.2, -0.15) is 0 Å². The van der Waals surface area contributed by atoms with Crippen molar-refractivity contribution < 1.29 is 9.90 Å². The first-order valence-corrected chi connectivity index (χ1v) is 6.04. The summed E-state index contributed by atoms with van der Waals surface area (Å²) in [5.74, 6) is 0.0382. The normalized spacial score (nSPS) is 22.9. The number of nitrogens with zero attached hydrogens (tertiary/aromatic N) is 1. The number of carbonyl (C=O) groups is 1. The maximum absolute atomic E-state index is 12.2. The van der Waals surface area contributed by atoms with Crippen LogP contribution < -0.4 is 5.32 Å². The smallest absolute Gasteiger partial charge is 0.253 e. The minimum Gasteiger partial charge on any atom is -0.391 e. The zero-order chi connectivity index (χ0) is 11.8. The molecular weight excluding hydrogens is 216 g/mol. The molecule has 1 fully saturated rings. The van der Waals surface area contributed by atoms with Crippen LogP contribution in [0.2, 0.25) is 0 Å². The van der Waals surface area contributed by atoms with Gasteiger partial charge in [-0.3, -0.25) is 4.79 Å². The number of rotatable bonds is 1. The lowest BCUT2D eigenvalue weighted by Gasteiger charge is -2.16. The van der Waals surface area contributed by atoms with Gasteiger partial charge in [-0.1, -0.05) is 6.07 Å². The summed E-state index contributed by atoms with van der Waals surface area (Å²) in [6.07, 6.45) is 0.341. The van der Waals surface area contributed by atoms with E-state index in [2.05, 4.69) is 5.32 Å². The highest BCUT2D eigenvalue weighted by Gasteiger charge is 2.25. The van der Waals surface area contributed by atoms with Crippen LogP contribution in [-0.2, 0) is 13.1 Å². The van der Waals surface area contributed by atoms with Crippen molar-refractivity contribution in [1.82, 2.24) is 10.2 Å². The van der Waals surface area contributed by atoms with Crippen molar-refractivity contribution in [1.29, 1.82) is 0 Å². The molecule has 0 unspecified atom stereocenters. The Balaban J connectivity index is 1.82. The molecule has 3 rings (SSSR count). The van der Waals surface area contributed by atoms with Crippen molar-refractivity contribution in [2.45, 2.75) is 25.6 Å². The van der Waals surface area contributed by atoms with Gasteiger partial charge in [0.1, 0.15) is 0 Å². The number of aliphatic hydroxyl groups is 1. The predicted molar refractivity (Wildman–Crippen MR) is 63.5 cm³/mol. The van der Waals surface area contributed by atoms with Gasteiger partial charge in [-0.05, 0) is 29.7 Å². The third-order valence-corrected chi connectivity index (χ3v) is 3.53. The van der Waals surface area contributed by atoms with E-state index in [-0.39, 0.29) is 12.0 Å². The van der Waals surface area contributed by atoms with Gasteiger partial charge in [0.15, 0.2) is 0 Å². The molecule has 1 saturated heterocycles. The molecule has 4 heteroatoms. The summed E-state index contributed by atoms with van der Waals surface area (Å²) in [5, 5.41) is 12.7. The molecule has 4 nitrogen and oxygen atoms in total. The SMILES string of the molecule is O=C(c1ccc2c(c1)CNC2)N1CC[C@H](O)C1. The number of amides is 1. The van der Waals surface area contributed by atoms with Crippen LogP contribution in [0.3, 0.4) is 0 Å². The van der Waals surface area contributed by atoms with Gasteiger partial charge in [0.25, 0.3) is 5.91 Å². The Labute approximate surface area is 100 Å². The Bertz CT molecular complexity index is 459. The minimum absolute atomic E-state index is 0.0382. The highest BCUT2D eigenvalue weighted by Crippen LogP contribution is 2.19. The maximum Gasteiger partial charge on any atom is 0.253 e. The van der Waals surface area contributed by atoms with Crippen molar-refractivity contribution >= 4 is 5.91 Å². The molecule has 2 aliphatic rings. The standard InChI is InChI=1S/C13H16N2O2/c16-12-3-4-15(8-12)13(17)9-1-2-10-6-14-7-11(10)5-9/h1-2,5,12,14,16H,3-4,6-8H2/t12-/m0/s1. The van der Waals surface area contributed by atoms with Crippen molar-refractivity contribution in [3.8, 4) is 0 Å². The monoisotopic (exact) mass is 232 g/mol. The number of likely N-dealkylation sites (tertiary alicyclic amines) is 1. The second kappa shape index (κ2) is 4.13. The molecule has 1 amide bonds. The summed E-state index contributed by atoms with van der Waals surface area (Å²) in [4.78, 5) is 13.9. The number of hydrogen-bond acceptors (Lipinski definition) is 3. The van der Waals surface area contributed by atoms with Gasteiger partial charge >= 0.3 is 0 Å². The molecular formula is C13H16N2O2. The first-order chi connectivity index (χ1) is 8.24. The number of aliphatic hydroxyl groups excluding tert-OH is 1. The first-order valence-electron chi connectivity index (χ1n) is 6.04. The van der Waals surface area contributed by atoms with Gasteiger partial charge in [0.05, 0.1) is 6.10 Å². The largest absolute Gasteiger partial charge is 0.391 e. The number of nitrogens with one attached hydrogen (secondary N) is 1. The fraction of sp³-hybridized carbons (Fsp3) is 0.462.